The molecule has 1 atom stereocenters. The third-order valence-corrected chi connectivity index (χ3v) is 4.57. The third-order valence-electron chi connectivity index (χ3n) is 4.57. The Labute approximate surface area is 170 Å². The summed E-state index contributed by atoms with van der Waals surface area (Å²) in [5.74, 6) is 0.593. The van der Waals surface area contributed by atoms with Crippen molar-refractivity contribution in [1.82, 2.24) is 24.1 Å². The van der Waals surface area contributed by atoms with Crippen molar-refractivity contribution in [3.63, 3.8) is 0 Å². The number of rotatable bonds is 4. The summed E-state index contributed by atoms with van der Waals surface area (Å²) in [4.78, 5) is 21.2. The second kappa shape index (κ2) is 7.37. The molecule has 1 aromatic carbocycles. The van der Waals surface area contributed by atoms with Gasteiger partial charge in [-0.05, 0) is 31.2 Å². The lowest BCUT2D eigenvalue weighted by atomic mass is 10.2. The molecule has 4 aromatic rings. The highest BCUT2D eigenvalue weighted by molar-refractivity contribution is 5.62. The first kappa shape index (κ1) is 18.7. The van der Waals surface area contributed by atoms with Gasteiger partial charge in [0.1, 0.15) is 46.9 Å². The van der Waals surface area contributed by atoms with Crippen LogP contribution in [0.1, 0.15) is 30.0 Å². The van der Waals surface area contributed by atoms with E-state index in [-0.39, 0.29) is 34.0 Å². The van der Waals surface area contributed by atoms with Crippen molar-refractivity contribution in [2.24, 2.45) is 0 Å². The van der Waals surface area contributed by atoms with Gasteiger partial charge in [0.2, 0.25) is 0 Å². The average molecular weight is 397 g/mol. The van der Waals surface area contributed by atoms with Crippen molar-refractivity contribution in [1.29, 1.82) is 10.5 Å². The number of aromatic nitrogens is 5. The molecule has 3 aromatic heterocycles. The van der Waals surface area contributed by atoms with E-state index < -0.39 is 6.04 Å². The third kappa shape index (κ3) is 2.99. The molecule has 3 N–H and O–H groups in total. The summed E-state index contributed by atoms with van der Waals surface area (Å²) in [5.41, 5.74) is 6.65. The minimum absolute atomic E-state index is 0.0447. The Morgan fingerprint density at radius 1 is 1.10 bits per heavy atom. The molecule has 0 aliphatic heterocycles. The van der Waals surface area contributed by atoms with E-state index in [0.717, 1.165) is 0 Å². The molecule has 10 nitrogen and oxygen atoms in total. The van der Waals surface area contributed by atoms with Crippen LogP contribution in [0.25, 0.3) is 11.2 Å². The van der Waals surface area contributed by atoms with Crippen molar-refractivity contribution in [2.75, 3.05) is 11.1 Å². The van der Waals surface area contributed by atoms with E-state index >= 15 is 0 Å². The molecular weight excluding hydrogens is 382 g/mol. The number of hydrogen-bond donors (Lipinski definition) is 2. The summed E-state index contributed by atoms with van der Waals surface area (Å²) in [6.45, 7) is 1.77. The van der Waals surface area contributed by atoms with Crippen LogP contribution in [-0.2, 0) is 0 Å². The summed E-state index contributed by atoms with van der Waals surface area (Å²) in [5, 5.41) is 26.4. The Bertz CT molecular complexity index is 1390. The topological polar surface area (TPSA) is 151 Å². The monoisotopic (exact) mass is 397 g/mol. The quantitative estimate of drug-likeness (QED) is 0.529. The molecule has 0 saturated carbocycles. The first-order valence-corrected chi connectivity index (χ1v) is 8.92. The van der Waals surface area contributed by atoms with E-state index in [1.807, 2.05) is 30.3 Å². The number of nitrogen functional groups attached to an aromatic ring is 1. The van der Waals surface area contributed by atoms with Crippen LogP contribution < -0.4 is 16.6 Å². The SMILES string of the molecule is C[C@H](Nc1ncnc(N)c1C#N)c1nn2c(C#N)ccc2c(=O)n1-c1ccccc1. The van der Waals surface area contributed by atoms with Gasteiger partial charge in [-0.25, -0.2) is 14.5 Å². The Hall–Kier alpha value is -4.70. The largest absolute Gasteiger partial charge is 0.382 e. The van der Waals surface area contributed by atoms with Gasteiger partial charge in [0, 0.05) is 0 Å². The summed E-state index contributed by atoms with van der Waals surface area (Å²) in [7, 11) is 0. The van der Waals surface area contributed by atoms with Crippen LogP contribution in [0.15, 0.2) is 53.6 Å². The van der Waals surface area contributed by atoms with E-state index in [4.69, 9.17) is 5.73 Å². The molecule has 0 aliphatic carbocycles. The highest BCUT2D eigenvalue weighted by atomic mass is 16.1. The van der Waals surface area contributed by atoms with Crippen LogP contribution in [0, 0.1) is 22.7 Å². The van der Waals surface area contributed by atoms with Gasteiger partial charge in [0.15, 0.2) is 5.82 Å². The second-order valence-electron chi connectivity index (χ2n) is 6.42. The van der Waals surface area contributed by atoms with Crippen molar-refractivity contribution in [2.45, 2.75) is 13.0 Å². The Morgan fingerprint density at radius 2 is 1.87 bits per heavy atom. The first-order chi connectivity index (χ1) is 14.5. The molecule has 0 spiro atoms. The van der Waals surface area contributed by atoms with Gasteiger partial charge in [0.25, 0.3) is 5.56 Å². The van der Waals surface area contributed by atoms with E-state index in [9.17, 15) is 15.3 Å². The van der Waals surface area contributed by atoms with Gasteiger partial charge in [-0.15, -0.1) is 0 Å². The normalized spacial score (nSPS) is 11.6. The van der Waals surface area contributed by atoms with Gasteiger partial charge in [-0.2, -0.15) is 15.6 Å². The highest BCUT2D eigenvalue weighted by Crippen LogP contribution is 2.23. The van der Waals surface area contributed by atoms with Gasteiger partial charge in [-0.3, -0.25) is 9.36 Å². The standard InChI is InChI=1S/C20H15N9O/c1-12(26-18-15(10-22)17(23)24-11-25-18)19-27-29-14(9-21)7-8-16(29)20(30)28(19)13-5-3-2-4-6-13/h2-8,11-12H,1H3,(H3,23,24,25,26)/t12-/m0/s1. The molecule has 30 heavy (non-hydrogen) atoms. The number of benzene rings is 1. The van der Waals surface area contributed by atoms with Crippen LogP contribution in [0.4, 0.5) is 11.6 Å². The number of para-hydroxylation sites is 1. The van der Waals surface area contributed by atoms with Crippen molar-refractivity contribution >= 4 is 17.2 Å². The summed E-state index contributed by atoms with van der Waals surface area (Å²) in [6.07, 6.45) is 1.24. The first-order valence-electron chi connectivity index (χ1n) is 8.92. The molecule has 0 fully saturated rings. The summed E-state index contributed by atoms with van der Waals surface area (Å²) in [6, 6.07) is 15.6. The Balaban J connectivity index is 1.93. The molecule has 0 bridgehead atoms. The zero-order valence-corrected chi connectivity index (χ0v) is 15.8. The Kier molecular flexibility index (Phi) is 4.58. The van der Waals surface area contributed by atoms with Crippen LogP contribution in [-0.4, -0.2) is 24.1 Å². The van der Waals surface area contributed by atoms with Crippen LogP contribution in [0.3, 0.4) is 0 Å². The molecule has 4 rings (SSSR count). The van der Waals surface area contributed by atoms with E-state index in [2.05, 4.69) is 20.4 Å². The van der Waals surface area contributed by atoms with Gasteiger partial charge in [0.05, 0.1) is 11.7 Å². The number of nitriles is 2. The van der Waals surface area contributed by atoms with Crippen molar-refractivity contribution in [3.8, 4) is 17.8 Å². The van der Waals surface area contributed by atoms with Crippen molar-refractivity contribution in [3.05, 3.63) is 76.2 Å². The molecule has 0 radical (unpaired) electrons. The Morgan fingerprint density at radius 3 is 2.57 bits per heavy atom. The molecule has 0 unspecified atom stereocenters. The maximum absolute atomic E-state index is 13.3. The molecule has 3 heterocycles. The number of hydrogen-bond acceptors (Lipinski definition) is 8. The van der Waals surface area contributed by atoms with E-state index in [1.54, 1.807) is 31.2 Å². The maximum atomic E-state index is 13.3. The molecule has 0 aliphatic rings. The lowest BCUT2D eigenvalue weighted by Gasteiger charge is -2.20. The van der Waals surface area contributed by atoms with Crippen LogP contribution in [0.2, 0.25) is 0 Å². The van der Waals surface area contributed by atoms with Crippen molar-refractivity contribution < 1.29 is 0 Å². The smallest absolute Gasteiger partial charge is 0.282 e. The maximum Gasteiger partial charge on any atom is 0.282 e. The zero-order chi connectivity index (χ0) is 21.3. The van der Waals surface area contributed by atoms with E-state index in [1.165, 1.54) is 15.4 Å². The minimum atomic E-state index is -0.572. The number of nitrogens with two attached hydrogens (primary N) is 1. The average Bonchev–Trinajstić information content (AvgIpc) is 3.18. The second-order valence-corrected chi connectivity index (χ2v) is 6.42. The van der Waals surface area contributed by atoms with Gasteiger partial charge < -0.3 is 11.1 Å². The predicted octanol–water partition coefficient (Wildman–Crippen LogP) is 1.77. The summed E-state index contributed by atoms with van der Waals surface area (Å²) < 4.78 is 2.78. The number of fused-ring (bicyclic) bond motifs is 1. The van der Waals surface area contributed by atoms with Crippen LogP contribution in [0.5, 0.6) is 0 Å². The van der Waals surface area contributed by atoms with E-state index in [0.29, 0.717) is 11.5 Å². The number of nitrogens with zero attached hydrogens (tertiary/aromatic N) is 7. The van der Waals surface area contributed by atoms with Crippen LogP contribution >= 0.6 is 0 Å². The lowest BCUT2D eigenvalue weighted by molar-refractivity contribution is 0.670. The lowest BCUT2D eigenvalue weighted by Crippen LogP contribution is -2.29. The molecule has 146 valence electrons. The molecule has 0 amide bonds. The molecule has 10 heteroatoms. The van der Waals surface area contributed by atoms with Gasteiger partial charge in [-0.1, -0.05) is 18.2 Å². The molecule has 0 saturated heterocycles. The predicted molar refractivity (Wildman–Crippen MR) is 109 cm³/mol. The summed E-state index contributed by atoms with van der Waals surface area (Å²) >= 11 is 0. The number of anilines is 2. The fraction of sp³-hybridized carbons (Fsp3) is 0.100. The number of nitrogens with one attached hydrogen (secondary N) is 1. The highest BCUT2D eigenvalue weighted by Gasteiger charge is 2.21. The fourth-order valence-electron chi connectivity index (χ4n) is 3.14. The fourth-order valence-corrected chi connectivity index (χ4v) is 3.14. The van der Waals surface area contributed by atoms with Gasteiger partial charge >= 0.3 is 0 Å². The molecular formula is C20H15N9O. The zero-order valence-electron chi connectivity index (χ0n) is 15.8. The minimum Gasteiger partial charge on any atom is -0.382 e.